The zero-order valence-electron chi connectivity index (χ0n) is 19.7. The Morgan fingerprint density at radius 1 is 1.20 bits per heavy atom. The van der Waals surface area contributed by atoms with Crippen LogP contribution in [0, 0.1) is 5.82 Å². The van der Waals surface area contributed by atoms with Gasteiger partial charge in [-0.05, 0) is 61.6 Å². The molecule has 2 aromatic heterocycles. The minimum Gasteiger partial charge on any atom is -0.307 e. The minimum atomic E-state index is -3.39. The molecular weight excluding hydrogens is 471 g/mol. The second-order valence-corrected chi connectivity index (χ2v) is 11.1. The second-order valence-electron chi connectivity index (χ2n) is 9.06. The van der Waals surface area contributed by atoms with Gasteiger partial charge < -0.3 is 9.88 Å². The third-order valence-corrected chi connectivity index (χ3v) is 8.60. The highest BCUT2D eigenvalue weighted by molar-refractivity contribution is 7.89. The van der Waals surface area contributed by atoms with Crippen LogP contribution in [0.3, 0.4) is 0 Å². The Morgan fingerprint density at radius 3 is 2.83 bits per heavy atom. The van der Waals surface area contributed by atoms with E-state index in [0.29, 0.717) is 36.5 Å². The fourth-order valence-corrected chi connectivity index (χ4v) is 6.24. The van der Waals surface area contributed by atoms with E-state index >= 15 is 0 Å². The lowest BCUT2D eigenvalue weighted by Gasteiger charge is -2.28. The average Bonchev–Trinajstić information content (AvgIpc) is 3.41. The second kappa shape index (κ2) is 9.12. The van der Waals surface area contributed by atoms with Crippen molar-refractivity contribution in [3.05, 3.63) is 58.7 Å². The molecule has 1 atom stereocenters. The Morgan fingerprint density at radius 2 is 2.03 bits per heavy atom. The number of anilines is 1. The average molecular weight is 499 g/mol. The topological polar surface area (TPSA) is 110 Å². The van der Waals surface area contributed by atoms with Gasteiger partial charge in [0.05, 0.1) is 11.3 Å². The largest absolute Gasteiger partial charge is 0.307 e. The van der Waals surface area contributed by atoms with Gasteiger partial charge in [-0.25, -0.2) is 17.8 Å². The SMILES string of the molecule is CCCS(=O)(=O)N1CCc2cc(F)c(C(=O)Nc3cccc(-c4nnc5n4[C@H](C)CC5)n3)cc2C1. The quantitative estimate of drug-likeness (QED) is 0.558. The van der Waals surface area contributed by atoms with Gasteiger partial charge in [-0.2, -0.15) is 4.31 Å². The van der Waals surface area contributed by atoms with Crippen LogP contribution >= 0.6 is 0 Å². The maximum atomic E-state index is 14.8. The molecule has 2 aliphatic heterocycles. The van der Waals surface area contributed by atoms with E-state index in [1.165, 1.54) is 16.4 Å². The van der Waals surface area contributed by atoms with Gasteiger partial charge in [0, 0.05) is 25.6 Å². The number of nitrogens with zero attached hydrogens (tertiary/aromatic N) is 5. The minimum absolute atomic E-state index is 0.0624. The van der Waals surface area contributed by atoms with Crippen LogP contribution < -0.4 is 5.32 Å². The van der Waals surface area contributed by atoms with Crippen LogP contribution in [-0.4, -0.2) is 50.7 Å². The van der Waals surface area contributed by atoms with Gasteiger partial charge in [-0.1, -0.05) is 13.0 Å². The molecule has 0 spiro atoms. The number of carbonyl (C=O) groups excluding carboxylic acids is 1. The molecule has 4 heterocycles. The van der Waals surface area contributed by atoms with Gasteiger partial charge in [0.15, 0.2) is 5.82 Å². The number of fused-ring (bicyclic) bond motifs is 2. The van der Waals surface area contributed by atoms with Crippen molar-refractivity contribution >= 4 is 21.7 Å². The summed E-state index contributed by atoms with van der Waals surface area (Å²) in [5.41, 5.74) is 1.77. The summed E-state index contributed by atoms with van der Waals surface area (Å²) in [5, 5.41) is 11.2. The number of hydrogen-bond donors (Lipinski definition) is 1. The summed E-state index contributed by atoms with van der Waals surface area (Å²) < 4.78 is 43.3. The van der Waals surface area contributed by atoms with Crippen molar-refractivity contribution < 1.29 is 17.6 Å². The Hall–Kier alpha value is -3.18. The highest BCUT2D eigenvalue weighted by Gasteiger charge is 2.28. The Bertz CT molecular complexity index is 1400. The smallest absolute Gasteiger partial charge is 0.259 e. The summed E-state index contributed by atoms with van der Waals surface area (Å²) in [4.78, 5) is 17.5. The van der Waals surface area contributed by atoms with E-state index in [0.717, 1.165) is 24.2 Å². The molecule has 0 aliphatic carbocycles. The van der Waals surface area contributed by atoms with E-state index < -0.39 is 21.7 Å². The molecular formula is C24H27FN6O3S. The number of aromatic nitrogens is 4. The van der Waals surface area contributed by atoms with Crippen LogP contribution in [0.1, 0.15) is 60.0 Å². The Kier molecular flexibility index (Phi) is 6.14. The number of sulfonamides is 1. The number of pyridine rings is 1. The van der Waals surface area contributed by atoms with Crippen LogP contribution in [0.5, 0.6) is 0 Å². The molecule has 0 saturated carbocycles. The van der Waals surface area contributed by atoms with Gasteiger partial charge in [-0.15, -0.1) is 10.2 Å². The van der Waals surface area contributed by atoms with E-state index in [2.05, 4.69) is 32.0 Å². The molecule has 11 heteroatoms. The third kappa shape index (κ3) is 4.45. The van der Waals surface area contributed by atoms with E-state index in [1.807, 2.05) is 6.92 Å². The van der Waals surface area contributed by atoms with Crippen LogP contribution in [0.4, 0.5) is 10.2 Å². The molecule has 3 aromatic rings. The predicted octanol–water partition coefficient (Wildman–Crippen LogP) is 3.34. The number of rotatable bonds is 6. The first-order valence-electron chi connectivity index (χ1n) is 11.8. The molecule has 184 valence electrons. The van der Waals surface area contributed by atoms with Crippen molar-refractivity contribution in [1.29, 1.82) is 0 Å². The number of halogens is 1. The third-order valence-electron chi connectivity index (χ3n) is 6.58. The number of aryl methyl sites for hydroxylation is 1. The van der Waals surface area contributed by atoms with Crippen molar-refractivity contribution in [2.45, 2.75) is 52.1 Å². The lowest BCUT2D eigenvalue weighted by atomic mass is 9.97. The lowest BCUT2D eigenvalue weighted by Crippen LogP contribution is -2.37. The van der Waals surface area contributed by atoms with E-state index in [-0.39, 0.29) is 29.7 Å². The van der Waals surface area contributed by atoms with Gasteiger partial charge >= 0.3 is 0 Å². The Balaban J connectivity index is 1.38. The molecule has 1 N–H and O–H groups in total. The highest BCUT2D eigenvalue weighted by Crippen LogP contribution is 2.30. The molecule has 0 saturated heterocycles. The van der Waals surface area contributed by atoms with Crippen LogP contribution in [-0.2, 0) is 29.4 Å². The van der Waals surface area contributed by atoms with Crippen molar-refractivity contribution in [3.8, 4) is 11.5 Å². The molecule has 35 heavy (non-hydrogen) atoms. The summed E-state index contributed by atoms with van der Waals surface area (Å²) in [6, 6.07) is 8.22. The van der Waals surface area contributed by atoms with Crippen LogP contribution in [0.15, 0.2) is 30.3 Å². The standard InChI is InChI=1S/C24H27FN6O3S/c1-3-11-35(33,34)30-10-9-16-13-19(25)18(12-17(16)14-30)24(32)27-21-6-4-5-20(26-21)23-29-28-22-8-7-15(2)31(22)23/h4-6,12-13,15H,3,7-11,14H2,1-2H3,(H,26,27,32)/t15-/m1/s1. The molecule has 9 nitrogen and oxygen atoms in total. The van der Waals surface area contributed by atoms with Crippen molar-refractivity contribution in [2.75, 3.05) is 17.6 Å². The fraction of sp³-hybridized carbons (Fsp3) is 0.417. The first-order chi connectivity index (χ1) is 16.8. The van der Waals surface area contributed by atoms with Crippen molar-refractivity contribution in [3.63, 3.8) is 0 Å². The number of benzene rings is 1. The number of carbonyl (C=O) groups is 1. The number of amides is 1. The monoisotopic (exact) mass is 498 g/mol. The molecule has 1 amide bonds. The van der Waals surface area contributed by atoms with Gasteiger partial charge in [-0.3, -0.25) is 4.79 Å². The molecule has 0 radical (unpaired) electrons. The number of nitrogens with one attached hydrogen (secondary N) is 1. The zero-order chi connectivity index (χ0) is 24.7. The lowest BCUT2D eigenvalue weighted by molar-refractivity contribution is 0.102. The van der Waals surface area contributed by atoms with Crippen LogP contribution in [0.2, 0.25) is 0 Å². The molecule has 5 rings (SSSR count). The van der Waals surface area contributed by atoms with Crippen LogP contribution in [0.25, 0.3) is 11.5 Å². The predicted molar refractivity (Wildman–Crippen MR) is 129 cm³/mol. The van der Waals surface area contributed by atoms with Crippen molar-refractivity contribution in [1.82, 2.24) is 24.1 Å². The van der Waals surface area contributed by atoms with Gasteiger partial charge in [0.1, 0.15) is 23.2 Å². The highest BCUT2D eigenvalue weighted by atomic mass is 32.2. The fourth-order valence-electron chi connectivity index (χ4n) is 4.76. The van der Waals surface area contributed by atoms with Gasteiger partial charge in [0.25, 0.3) is 5.91 Å². The molecule has 2 aliphatic rings. The van der Waals surface area contributed by atoms with E-state index in [9.17, 15) is 17.6 Å². The molecule has 0 unspecified atom stereocenters. The summed E-state index contributed by atoms with van der Waals surface area (Å²) in [5.74, 6) is 0.575. The molecule has 0 fully saturated rings. The molecule has 0 bridgehead atoms. The molecule has 1 aromatic carbocycles. The first-order valence-corrected chi connectivity index (χ1v) is 13.4. The van der Waals surface area contributed by atoms with Gasteiger partial charge in [0.2, 0.25) is 10.0 Å². The zero-order valence-corrected chi connectivity index (χ0v) is 20.5. The summed E-state index contributed by atoms with van der Waals surface area (Å²) in [6.07, 6.45) is 2.77. The summed E-state index contributed by atoms with van der Waals surface area (Å²) >= 11 is 0. The van der Waals surface area contributed by atoms with E-state index in [4.69, 9.17) is 0 Å². The summed E-state index contributed by atoms with van der Waals surface area (Å²) in [7, 11) is -3.39. The maximum absolute atomic E-state index is 14.8. The number of hydrogen-bond acceptors (Lipinski definition) is 6. The summed E-state index contributed by atoms with van der Waals surface area (Å²) in [6.45, 7) is 4.35. The first kappa shape index (κ1) is 23.6. The maximum Gasteiger partial charge on any atom is 0.259 e. The van der Waals surface area contributed by atoms with E-state index in [1.54, 1.807) is 18.2 Å². The normalized spacial score (nSPS) is 17.7. The Labute approximate surface area is 203 Å². The van der Waals surface area contributed by atoms with Crippen molar-refractivity contribution in [2.24, 2.45) is 0 Å².